The molecule has 2 aromatic heterocycles. The molecule has 0 aromatic carbocycles. The van der Waals surface area contributed by atoms with Crippen molar-refractivity contribution in [2.75, 3.05) is 42.9 Å². The summed E-state index contributed by atoms with van der Waals surface area (Å²) in [6.07, 6.45) is 2.95. The van der Waals surface area contributed by atoms with E-state index >= 15 is 0 Å². The molecule has 0 atom stereocenters. The Kier molecular flexibility index (Phi) is 5.39. The molecule has 0 bridgehead atoms. The van der Waals surface area contributed by atoms with Crippen molar-refractivity contribution in [3.8, 4) is 0 Å². The van der Waals surface area contributed by atoms with Crippen LogP contribution in [0.15, 0.2) is 29.1 Å². The summed E-state index contributed by atoms with van der Waals surface area (Å²) in [5.74, 6) is 0.963. The Bertz CT molecular complexity index is 748. The van der Waals surface area contributed by atoms with Crippen LogP contribution in [0.4, 0.5) is 23.1 Å². The zero-order valence-electron chi connectivity index (χ0n) is 13.7. The molecule has 0 aliphatic carbocycles. The van der Waals surface area contributed by atoms with Gasteiger partial charge in [0.1, 0.15) is 12.1 Å². The maximum absolute atomic E-state index is 11.7. The van der Waals surface area contributed by atoms with E-state index in [9.17, 15) is 10.1 Å². The summed E-state index contributed by atoms with van der Waals surface area (Å²) in [5, 5.41) is 14.6. The second-order valence-corrected chi connectivity index (χ2v) is 6.48. The van der Waals surface area contributed by atoms with Gasteiger partial charge in [0, 0.05) is 36.8 Å². The normalized spacial score (nSPS) is 15.2. The van der Waals surface area contributed by atoms with Gasteiger partial charge in [0.25, 0.3) is 0 Å². The lowest BCUT2D eigenvalue weighted by Gasteiger charge is -2.34. The van der Waals surface area contributed by atoms with Gasteiger partial charge in [-0.05, 0) is 34.6 Å². The van der Waals surface area contributed by atoms with E-state index in [-0.39, 0.29) is 11.5 Å². The van der Waals surface area contributed by atoms with Gasteiger partial charge in [-0.3, -0.25) is 10.1 Å². The van der Waals surface area contributed by atoms with E-state index in [1.54, 1.807) is 18.3 Å². The molecule has 1 aliphatic heterocycles. The molecule has 10 heteroatoms. The van der Waals surface area contributed by atoms with Gasteiger partial charge in [-0.1, -0.05) is 6.92 Å². The monoisotopic (exact) mass is 407 g/mol. The van der Waals surface area contributed by atoms with E-state index < -0.39 is 4.92 Å². The van der Waals surface area contributed by atoms with Gasteiger partial charge < -0.3 is 15.1 Å². The van der Waals surface area contributed by atoms with Crippen LogP contribution in [0.5, 0.6) is 0 Å². The highest BCUT2D eigenvalue weighted by molar-refractivity contribution is 9.10. The van der Waals surface area contributed by atoms with Crippen molar-refractivity contribution in [1.29, 1.82) is 0 Å². The fourth-order valence-electron chi connectivity index (χ4n) is 2.71. The second-order valence-electron chi connectivity index (χ2n) is 5.56. The molecule has 0 amide bonds. The summed E-state index contributed by atoms with van der Waals surface area (Å²) in [5.41, 5.74) is -0.128. The number of halogens is 1. The standard InChI is InChI=1S/C15H18BrN7O2/c1-2-21-5-7-22(8-6-21)15-13(23(24)25)14(18-10-19-15)20-12-4-3-11(16)9-17-12/h3-4,9-10H,2,5-8H2,1H3,(H,17,18,19,20). The van der Waals surface area contributed by atoms with E-state index in [1.165, 1.54) is 6.33 Å². The van der Waals surface area contributed by atoms with E-state index in [4.69, 9.17) is 0 Å². The van der Waals surface area contributed by atoms with Crippen molar-refractivity contribution in [3.05, 3.63) is 39.2 Å². The summed E-state index contributed by atoms with van der Waals surface area (Å²) in [6.45, 7) is 6.19. The quantitative estimate of drug-likeness (QED) is 0.595. The third kappa shape index (κ3) is 4.02. The number of aromatic nitrogens is 3. The van der Waals surface area contributed by atoms with Crippen molar-refractivity contribution >= 4 is 39.1 Å². The summed E-state index contributed by atoms with van der Waals surface area (Å²) < 4.78 is 0.824. The van der Waals surface area contributed by atoms with Gasteiger partial charge >= 0.3 is 5.69 Å². The van der Waals surface area contributed by atoms with Crippen molar-refractivity contribution in [3.63, 3.8) is 0 Å². The zero-order chi connectivity index (χ0) is 17.8. The molecule has 25 heavy (non-hydrogen) atoms. The lowest BCUT2D eigenvalue weighted by atomic mass is 10.3. The Balaban J connectivity index is 1.89. The van der Waals surface area contributed by atoms with Crippen LogP contribution in [0.25, 0.3) is 0 Å². The molecule has 2 aromatic rings. The molecule has 3 rings (SSSR count). The molecule has 132 valence electrons. The Morgan fingerprint density at radius 1 is 1.24 bits per heavy atom. The number of nitrogens with one attached hydrogen (secondary N) is 1. The van der Waals surface area contributed by atoms with Gasteiger partial charge in [-0.25, -0.2) is 15.0 Å². The summed E-state index contributed by atoms with van der Waals surface area (Å²) >= 11 is 3.31. The average Bonchev–Trinajstić information content (AvgIpc) is 2.63. The summed E-state index contributed by atoms with van der Waals surface area (Å²) in [7, 11) is 0. The highest BCUT2D eigenvalue weighted by Gasteiger charge is 2.29. The first-order valence-corrected chi connectivity index (χ1v) is 8.73. The summed E-state index contributed by atoms with van der Waals surface area (Å²) in [6, 6.07) is 3.52. The lowest BCUT2D eigenvalue weighted by Crippen LogP contribution is -2.46. The summed E-state index contributed by atoms with van der Waals surface area (Å²) in [4.78, 5) is 27.9. The number of hydrogen-bond acceptors (Lipinski definition) is 8. The maximum Gasteiger partial charge on any atom is 0.353 e. The first kappa shape index (κ1) is 17.5. The van der Waals surface area contributed by atoms with Crippen molar-refractivity contribution in [2.24, 2.45) is 0 Å². The number of hydrogen-bond donors (Lipinski definition) is 1. The first-order chi connectivity index (χ1) is 12.1. The van der Waals surface area contributed by atoms with Gasteiger partial charge in [-0.15, -0.1) is 0 Å². The number of pyridine rings is 1. The van der Waals surface area contributed by atoms with Crippen LogP contribution in [0.1, 0.15) is 6.92 Å². The maximum atomic E-state index is 11.7. The molecule has 9 nitrogen and oxygen atoms in total. The highest BCUT2D eigenvalue weighted by atomic mass is 79.9. The molecule has 0 spiro atoms. The predicted molar refractivity (Wildman–Crippen MR) is 98.2 cm³/mol. The fraction of sp³-hybridized carbons (Fsp3) is 0.400. The highest BCUT2D eigenvalue weighted by Crippen LogP contribution is 2.33. The Labute approximate surface area is 153 Å². The number of piperazine rings is 1. The van der Waals surface area contributed by atoms with E-state index in [2.05, 4.69) is 48.0 Å². The van der Waals surface area contributed by atoms with Crippen LogP contribution in [0.2, 0.25) is 0 Å². The van der Waals surface area contributed by atoms with Crippen molar-refractivity contribution in [1.82, 2.24) is 19.9 Å². The van der Waals surface area contributed by atoms with Crippen LogP contribution in [0.3, 0.4) is 0 Å². The Morgan fingerprint density at radius 3 is 2.60 bits per heavy atom. The predicted octanol–water partition coefficient (Wildman–Crippen LogP) is 2.43. The smallest absolute Gasteiger partial charge is 0.348 e. The molecular formula is C15H18BrN7O2. The zero-order valence-corrected chi connectivity index (χ0v) is 15.3. The van der Waals surface area contributed by atoms with Crippen LogP contribution in [-0.2, 0) is 0 Å². The Morgan fingerprint density at radius 2 is 2.00 bits per heavy atom. The van der Waals surface area contributed by atoms with Gasteiger partial charge in [-0.2, -0.15) is 0 Å². The molecule has 1 aliphatic rings. The minimum Gasteiger partial charge on any atom is -0.348 e. The third-order valence-electron chi connectivity index (χ3n) is 4.08. The minimum atomic E-state index is -0.442. The van der Waals surface area contributed by atoms with E-state index in [0.29, 0.717) is 24.7 Å². The van der Waals surface area contributed by atoms with Gasteiger partial charge in [0.2, 0.25) is 11.6 Å². The molecular weight excluding hydrogens is 390 g/mol. The number of anilines is 3. The first-order valence-electron chi connectivity index (χ1n) is 7.93. The van der Waals surface area contributed by atoms with E-state index in [0.717, 1.165) is 24.1 Å². The largest absolute Gasteiger partial charge is 0.353 e. The SMILES string of the molecule is CCN1CCN(c2ncnc(Nc3ccc(Br)cn3)c2[N+](=O)[O-])CC1. The fourth-order valence-corrected chi connectivity index (χ4v) is 2.94. The van der Waals surface area contributed by atoms with E-state index in [1.807, 2.05) is 4.90 Å². The van der Waals surface area contributed by atoms with Crippen LogP contribution in [0, 0.1) is 10.1 Å². The second kappa shape index (κ2) is 7.70. The molecule has 0 unspecified atom stereocenters. The van der Waals surface area contributed by atoms with Crippen LogP contribution in [-0.4, -0.2) is 57.5 Å². The lowest BCUT2D eigenvalue weighted by molar-refractivity contribution is -0.383. The van der Waals surface area contributed by atoms with Gasteiger partial charge in [0.05, 0.1) is 4.92 Å². The van der Waals surface area contributed by atoms with Gasteiger partial charge in [0.15, 0.2) is 0 Å². The number of nitro groups is 1. The number of likely N-dealkylation sites (N-methyl/N-ethyl adjacent to an activating group) is 1. The van der Waals surface area contributed by atoms with Crippen molar-refractivity contribution < 1.29 is 4.92 Å². The van der Waals surface area contributed by atoms with Crippen molar-refractivity contribution in [2.45, 2.75) is 6.92 Å². The number of nitrogens with zero attached hydrogens (tertiary/aromatic N) is 6. The molecule has 1 fully saturated rings. The minimum absolute atomic E-state index is 0.128. The molecule has 3 heterocycles. The topological polar surface area (TPSA) is 100 Å². The van der Waals surface area contributed by atoms with Crippen LogP contribution >= 0.6 is 15.9 Å². The molecule has 1 N–H and O–H groups in total. The third-order valence-corrected chi connectivity index (χ3v) is 4.55. The Hall–Kier alpha value is -2.33. The molecule has 1 saturated heterocycles. The number of rotatable bonds is 5. The molecule has 0 saturated carbocycles. The molecule has 0 radical (unpaired) electrons. The average molecular weight is 408 g/mol. The van der Waals surface area contributed by atoms with Crippen LogP contribution < -0.4 is 10.2 Å².